The van der Waals surface area contributed by atoms with Crippen LogP contribution in [0.1, 0.15) is 28.7 Å². The number of carbonyl (C=O) groups excluding carboxylic acids is 1. The van der Waals surface area contributed by atoms with Crippen LogP contribution in [0.2, 0.25) is 0 Å². The van der Waals surface area contributed by atoms with Gasteiger partial charge in [0, 0.05) is 31.8 Å². The zero-order valence-electron chi connectivity index (χ0n) is 22.0. The molecule has 2 heterocycles. The Kier molecular flexibility index (Phi) is 6.83. The van der Waals surface area contributed by atoms with E-state index in [0.717, 1.165) is 15.4 Å². The molecule has 0 radical (unpaired) electrons. The lowest BCUT2D eigenvalue weighted by Crippen LogP contribution is -2.22. The average Bonchev–Trinajstić information content (AvgIpc) is 3.30. The zero-order chi connectivity index (χ0) is 27.9. The number of aromatic nitrogens is 2. The molecule has 3 aromatic carbocycles. The number of ether oxygens (including phenoxy) is 1. The maximum absolute atomic E-state index is 13.2. The van der Waals surface area contributed by atoms with E-state index >= 15 is 0 Å². The molecule has 5 rings (SSSR count). The van der Waals surface area contributed by atoms with Crippen LogP contribution in [-0.4, -0.2) is 42.3 Å². The number of nitrogens with zero attached hydrogens (tertiary/aromatic N) is 3. The first-order valence-electron chi connectivity index (χ1n) is 12.3. The monoisotopic (exact) mass is 545 g/mol. The van der Waals surface area contributed by atoms with Gasteiger partial charge in [0.2, 0.25) is 10.0 Å². The fraction of sp³-hybridized carbons (Fsp3) is 0.207. The van der Waals surface area contributed by atoms with E-state index in [1.54, 1.807) is 31.2 Å². The molecule has 0 aliphatic heterocycles. The first kappa shape index (κ1) is 26.3. The van der Waals surface area contributed by atoms with Crippen LogP contribution in [0.4, 0.5) is 0 Å². The highest BCUT2D eigenvalue weighted by atomic mass is 32.2. The Morgan fingerprint density at radius 2 is 1.79 bits per heavy atom. The Labute approximate surface area is 225 Å². The largest absolute Gasteiger partial charge is 0.455 e. The van der Waals surface area contributed by atoms with Crippen molar-refractivity contribution in [2.45, 2.75) is 31.9 Å². The van der Waals surface area contributed by atoms with Crippen LogP contribution in [0.3, 0.4) is 0 Å². The minimum atomic E-state index is -3.63. The molecule has 0 bridgehead atoms. The molecule has 0 unspecified atom stereocenters. The third kappa shape index (κ3) is 4.62. The molecule has 10 heteroatoms. The third-order valence-corrected chi connectivity index (χ3v) is 8.44. The van der Waals surface area contributed by atoms with Gasteiger partial charge in [0.1, 0.15) is 23.8 Å². The highest BCUT2D eigenvalue weighted by molar-refractivity contribution is 7.89. The van der Waals surface area contributed by atoms with E-state index in [-0.39, 0.29) is 33.5 Å². The lowest BCUT2D eigenvalue weighted by atomic mass is 10.0. The number of imidazole rings is 1. The molecule has 0 spiro atoms. The fourth-order valence-electron chi connectivity index (χ4n) is 4.54. The summed E-state index contributed by atoms with van der Waals surface area (Å²) < 4.78 is 39.9. The summed E-state index contributed by atoms with van der Waals surface area (Å²) in [5.74, 6) is 0.185. The van der Waals surface area contributed by atoms with Crippen LogP contribution in [0, 0.1) is 6.92 Å². The van der Waals surface area contributed by atoms with Crippen molar-refractivity contribution in [3.63, 3.8) is 0 Å². The normalized spacial score (nSPS) is 11.9. The Morgan fingerprint density at radius 3 is 2.49 bits per heavy atom. The Hall–Kier alpha value is -4.28. The van der Waals surface area contributed by atoms with Crippen molar-refractivity contribution in [2.24, 2.45) is 0 Å². The highest BCUT2D eigenvalue weighted by Gasteiger charge is 2.22. The van der Waals surface area contributed by atoms with Crippen LogP contribution in [0.15, 0.2) is 80.8 Å². The summed E-state index contributed by atoms with van der Waals surface area (Å²) in [5, 5.41) is 0.289. The first-order valence-corrected chi connectivity index (χ1v) is 13.8. The molecule has 0 N–H and O–H groups in total. The van der Waals surface area contributed by atoms with Gasteiger partial charge in [-0.25, -0.2) is 22.5 Å². The minimum Gasteiger partial charge on any atom is -0.455 e. The molecule has 39 heavy (non-hydrogen) atoms. The number of benzene rings is 3. The number of fused-ring (bicyclic) bond motifs is 2. The molecular formula is C29H27N3O6S. The number of rotatable bonds is 7. The van der Waals surface area contributed by atoms with Gasteiger partial charge in [-0.3, -0.25) is 4.79 Å². The van der Waals surface area contributed by atoms with E-state index in [0.29, 0.717) is 29.2 Å². The van der Waals surface area contributed by atoms with E-state index in [4.69, 9.17) is 9.15 Å². The Balaban J connectivity index is 1.50. The lowest BCUT2D eigenvalue weighted by Gasteiger charge is -2.11. The van der Waals surface area contributed by atoms with Gasteiger partial charge in [0.25, 0.3) is 0 Å². The van der Waals surface area contributed by atoms with Gasteiger partial charge >= 0.3 is 5.97 Å². The van der Waals surface area contributed by atoms with Gasteiger partial charge in [-0.15, -0.1) is 0 Å². The molecule has 0 saturated heterocycles. The van der Waals surface area contributed by atoms with Gasteiger partial charge in [0.15, 0.2) is 11.0 Å². The smallest absolute Gasteiger partial charge is 0.342 e. The van der Waals surface area contributed by atoms with Crippen LogP contribution < -0.4 is 5.43 Å². The predicted octanol–water partition coefficient (Wildman–Crippen LogP) is 4.75. The average molecular weight is 546 g/mol. The van der Waals surface area contributed by atoms with Crippen molar-refractivity contribution in [2.75, 3.05) is 14.1 Å². The third-order valence-electron chi connectivity index (χ3n) is 6.63. The van der Waals surface area contributed by atoms with Crippen molar-refractivity contribution in [3.05, 3.63) is 93.9 Å². The van der Waals surface area contributed by atoms with Gasteiger partial charge in [-0.05, 0) is 44.2 Å². The van der Waals surface area contributed by atoms with E-state index in [2.05, 4.69) is 4.98 Å². The lowest BCUT2D eigenvalue weighted by molar-refractivity contribution is 0.0459. The van der Waals surface area contributed by atoms with Crippen molar-refractivity contribution in [3.8, 4) is 11.3 Å². The quantitative estimate of drug-likeness (QED) is 0.272. The van der Waals surface area contributed by atoms with Crippen LogP contribution >= 0.6 is 0 Å². The first-order chi connectivity index (χ1) is 18.6. The van der Waals surface area contributed by atoms with Gasteiger partial charge in [-0.1, -0.05) is 36.4 Å². The number of carbonyl (C=O) groups is 1. The van der Waals surface area contributed by atoms with Crippen LogP contribution in [0.25, 0.3) is 33.3 Å². The zero-order valence-corrected chi connectivity index (χ0v) is 22.8. The molecule has 0 saturated carbocycles. The molecule has 5 aromatic rings. The Bertz CT molecular complexity index is 1890. The molecular weight excluding hydrogens is 518 g/mol. The molecule has 9 nitrogen and oxygen atoms in total. The maximum atomic E-state index is 13.2. The summed E-state index contributed by atoms with van der Waals surface area (Å²) in [6.07, 6.45) is 0. The molecule has 0 aliphatic rings. The number of hydrogen-bond acceptors (Lipinski definition) is 7. The van der Waals surface area contributed by atoms with E-state index < -0.39 is 16.0 Å². The van der Waals surface area contributed by atoms with Crippen molar-refractivity contribution in [1.29, 1.82) is 0 Å². The van der Waals surface area contributed by atoms with Gasteiger partial charge in [0.05, 0.1) is 21.3 Å². The topological polar surface area (TPSA) is 112 Å². The van der Waals surface area contributed by atoms with Gasteiger partial charge < -0.3 is 13.7 Å². The van der Waals surface area contributed by atoms with Crippen LogP contribution in [0.5, 0.6) is 0 Å². The summed E-state index contributed by atoms with van der Waals surface area (Å²) in [4.78, 5) is 31.1. The standard InChI is InChI=1S/C29H27N3O6S/c1-5-32-24-15-14-20(39(35,36)31(3)4)16-23(24)30-25(32)17-37-29(34)22-13-9-12-21-26(33)18(2)27(38-28(21)22)19-10-7-6-8-11-19/h6-16H,5,17H2,1-4H3. The molecule has 200 valence electrons. The number of sulfonamides is 1. The second-order valence-electron chi connectivity index (χ2n) is 9.22. The number of aryl methyl sites for hydroxylation is 1. The van der Waals surface area contributed by atoms with Crippen molar-refractivity contribution >= 4 is 38.0 Å². The molecule has 0 atom stereocenters. The van der Waals surface area contributed by atoms with E-state index in [1.165, 1.54) is 26.2 Å². The summed E-state index contributed by atoms with van der Waals surface area (Å²) in [6, 6.07) is 18.8. The second kappa shape index (κ2) is 10.1. The Morgan fingerprint density at radius 1 is 1.05 bits per heavy atom. The number of hydrogen-bond donors (Lipinski definition) is 0. The number of esters is 1. The summed E-state index contributed by atoms with van der Waals surface area (Å²) in [5.41, 5.74) is 2.43. The van der Waals surface area contributed by atoms with Gasteiger partial charge in [-0.2, -0.15) is 0 Å². The minimum absolute atomic E-state index is 0.125. The molecule has 2 aromatic heterocycles. The SMILES string of the molecule is CCn1c(COC(=O)c2cccc3c(=O)c(C)c(-c4ccccc4)oc23)nc2cc(S(=O)(=O)N(C)C)ccc21. The summed E-state index contributed by atoms with van der Waals surface area (Å²) in [6.45, 7) is 3.99. The number of para-hydroxylation sites is 1. The summed E-state index contributed by atoms with van der Waals surface area (Å²) >= 11 is 0. The molecule has 0 fully saturated rings. The molecule has 0 amide bonds. The predicted molar refractivity (Wildman–Crippen MR) is 148 cm³/mol. The van der Waals surface area contributed by atoms with E-state index in [1.807, 2.05) is 41.8 Å². The molecule has 0 aliphatic carbocycles. The van der Waals surface area contributed by atoms with Crippen molar-refractivity contribution in [1.82, 2.24) is 13.9 Å². The van der Waals surface area contributed by atoms with Crippen molar-refractivity contribution < 1.29 is 22.4 Å². The maximum Gasteiger partial charge on any atom is 0.342 e. The highest BCUT2D eigenvalue weighted by Crippen LogP contribution is 2.28. The summed E-state index contributed by atoms with van der Waals surface area (Å²) in [7, 11) is -0.695. The van der Waals surface area contributed by atoms with Crippen LogP contribution in [-0.2, 0) is 27.9 Å². The fourth-order valence-corrected chi connectivity index (χ4v) is 5.46. The second-order valence-corrected chi connectivity index (χ2v) is 11.4. The van der Waals surface area contributed by atoms with E-state index in [9.17, 15) is 18.0 Å².